The van der Waals surface area contributed by atoms with Crippen LogP contribution in [0.25, 0.3) is 22.3 Å². The van der Waals surface area contributed by atoms with Gasteiger partial charge in [0.15, 0.2) is 5.65 Å². The normalized spacial score (nSPS) is 11.1. The van der Waals surface area contributed by atoms with Gasteiger partial charge in [0, 0.05) is 24.4 Å². The summed E-state index contributed by atoms with van der Waals surface area (Å²) >= 11 is 3.51. The van der Waals surface area contributed by atoms with Gasteiger partial charge in [-0.3, -0.25) is 0 Å². The van der Waals surface area contributed by atoms with E-state index in [2.05, 4.69) is 31.0 Å². The summed E-state index contributed by atoms with van der Waals surface area (Å²) in [6, 6.07) is 12.2. The second kappa shape index (κ2) is 6.96. The van der Waals surface area contributed by atoms with Crippen LogP contribution < -0.4 is 10.5 Å². The molecule has 0 aliphatic rings. The van der Waals surface area contributed by atoms with Crippen LogP contribution in [0, 0.1) is 5.82 Å². The first kappa shape index (κ1) is 17.4. The number of para-hydroxylation sites is 1. The summed E-state index contributed by atoms with van der Waals surface area (Å²) in [6.45, 7) is 0.0938. The number of halogens is 2. The van der Waals surface area contributed by atoms with Gasteiger partial charge in [0.2, 0.25) is 5.95 Å². The molecule has 2 aromatic carbocycles. The van der Waals surface area contributed by atoms with E-state index < -0.39 is 0 Å². The summed E-state index contributed by atoms with van der Waals surface area (Å²) < 4.78 is 22.3. The van der Waals surface area contributed by atoms with Crippen molar-refractivity contribution in [2.45, 2.75) is 6.61 Å². The largest absolute Gasteiger partial charge is 0.487 e. The van der Waals surface area contributed by atoms with Crippen LogP contribution in [0.2, 0.25) is 0 Å². The van der Waals surface area contributed by atoms with Gasteiger partial charge in [-0.25, -0.2) is 14.1 Å². The number of anilines is 1. The van der Waals surface area contributed by atoms with E-state index in [0.29, 0.717) is 22.7 Å². The van der Waals surface area contributed by atoms with Crippen LogP contribution in [-0.2, 0) is 13.7 Å². The summed E-state index contributed by atoms with van der Waals surface area (Å²) in [4.78, 5) is 8.32. The molecule has 0 atom stereocenters. The Labute approximate surface area is 162 Å². The first-order valence-electron chi connectivity index (χ1n) is 8.15. The zero-order chi connectivity index (χ0) is 19.0. The lowest BCUT2D eigenvalue weighted by atomic mass is 10.1. The average Bonchev–Trinajstić information content (AvgIpc) is 2.98. The number of ether oxygens (including phenoxy) is 1. The molecule has 2 N–H and O–H groups in total. The molecule has 0 saturated carbocycles. The van der Waals surface area contributed by atoms with Crippen LogP contribution in [0.4, 0.5) is 10.3 Å². The molecule has 0 radical (unpaired) electrons. The highest BCUT2D eigenvalue weighted by Crippen LogP contribution is 2.39. The van der Waals surface area contributed by atoms with E-state index in [1.807, 2.05) is 18.2 Å². The zero-order valence-electron chi connectivity index (χ0n) is 14.4. The van der Waals surface area contributed by atoms with Crippen molar-refractivity contribution < 1.29 is 9.13 Å². The number of fused-ring (bicyclic) bond motifs is 1. The predicted octanol–water partition coefficient (Wildman–Crippen LogP) is 4.09. The number of hydrogen-bond donors (Lipinski definition) is 1. The van der Waals surface area contributed by atoms with E-state index in [1.54, 1.807) is 36.1 Å². The van der Waals surface area contributed by atoms with Crippen molar-refractivity contribution in [1.29, 1.82) is 0 Å². The van der Waals surface area contributed by atoms with Crippen molar-refractivity contribution in [2.75, 3.05) is 5.73 Å². The molecule has 4 rings (SSSR count). The molecule has 8 heteroatoms. The Kier molecular flexibility index (Phi) is 4.49. The predicted molar refractivity (Wildman–Crippen MR) is 105 cm³/mol. The number of rotatable bonds is 4. The Hall–Kier alpha value is -3.00. The van der Waals surface area contributed by atoms with Gasteiger partial charge in [-0.05, 0) is 34.1 Å². The first-order valence-corrected chi connectivity index (χ1v) is 8.94. The lowest BCUT2D eigenvalue weighted by Crippen LogP contribution is -2.00. The van der Waals surface area contributed by atoms with Crippen molar-refractivity contribution in [2.24, 2.45) is 7.05 Å². The van der Waals surface area contributed by atoms with E-state index in [9.17, 15) is 4.39 Å². The van der Waals surface area contributed by atoms with Crippen LogP contribution in [0.5, 0.6) is 5.75 Å². The standard InChI is InChI=1S/C19H15BrFN5O/c1-26-18-13(9-23-19(22)24-18)16(25-26)12-6-4-7-14(20)17(12)27-10-11-5-2-3-8-15(11)21/h2-9H,10H2,1H3,(H2,22,23,24). The Bertz CT molecular complexity index is 1140. The number of nitrogens with two attached hydrogens (primary N) is 1. The number of aryl methyl sites for hydroxylation is 1. The number of nitrogens with zero attached hydrogens (tertiary/aromatic N) is 4. The van der Waals surface area contributed by atoms with Crippen LogP contribution in [0.15, 0.2) is 53.1 Å². The van der Waals surface area contributed by atoms with E-state index in [4.69, 9.17) is 10.5 Å². The van der Waals surface area contributed by atoms with Gasteiger partial charge >= 0.3 is 0 Å². The van der Waals surface area contributed by atoms with Gasteiger partial charge in [-0.1, -0.05) is 24.3 Å². The fraction of sp³-hybridized carbons (Fsp3) is 0.105. The Balaban J connectivity index is 1.79. The Morgan fingerprint density at radius 3 is 2.81 bits per heavy atom. The lowest BCUT2D eigenvalue weighted by Gasteiger charge is -2.13. The fourth-order valence-electron chi connectivity index (χ4n) is 2.86. The second-order valence-electron chi connectivity index (χ2n) is 5.93. The lowest BCUT2D eigenvalue weighted by molar-refractivity contribution is 0.299. The van der Waals surface area contributed by atoms with E-state index in [0.717, 1.165) is 15.4 Å². The monoisotopic (exact) mass is 427 g/mol. The maximum Gasteiger partial charge on any atom is 0.222 e. The maximum absolute atomic E-state index is 13.9. The highest BCUT2D eigenvalue weighted by atomic mass is 79.9. The zero-order valence-corrected chi connectivity index (χ0v) is 15.9. The third kappa shape index (κ3) is 3.23. The molecule has 4 aromatic rings. The molecule has 27 heavy (non-hydrogen) atoms. The molecule has 0 aliphatic heterocycles. The van der Waals surface area contributed by atoms with Crippen molar-refractivity contribution in [3.63, 3.8) is 0 Å². The van der Waals surface area contributed by atoms with Crippen molar-refractivity contribution >= 4 is 32.9 Å². The summed E-state index contributed by atoms with van der Waals surface area (Å²) in [5.74, 6) is 0.443. The van der Waals surface area contributed by atoms with Crippen LogP contribution in [0.3, 0.4) is 0 Å². The van der Waals surface area contributed by atoms with E-state index in [1.165, 1.54) is 6.07 Å². The number of hydrogen-bond acceptors (Lipinski definition) is 5. The fourth-order valence-corrected chi connectivity index (χ4v) is 3.34. The molecule has 136 valence electrons. The highest BCUT2D eigenvalue weighted by molar-refractivity contribution is 9.10. The van der Waals surface area contributed by atoms with Gasteiger partial charge in [0.1, 0.15) is 23.9 Å². The molecule has 0 bridgehead atoms. The Morgan fingerprint density at radius 1 is 1.19 bits per heavy atom. The first-order chi connectivity index (χ1) is 13.0. The molecule has 0 aliphatic carbocycles. The van der Waals surface area contributed by atoms with Crippen LogP contribution in [-0.4, -0.2) is 19.7 Å². The van der Waals surface area contributed by atoms with Crippen molar-refractivity contribution in [3.05, 3.63) is 64.5 Å². The van der Waals surface area contributed by atoms with Gasteiger partial charge in [0.25, 0.3) is 0 Å². The highest BCUT2D eigenvalue weighted by Gasteiger charge is 2.18. The molecule has 0 saturated heterocycles. The minimum Gasteiger partial charge on any atom is -0.487 e. The third-order valence-electron chi connectivity index (χ3n) is 4.15. The molecule has 2 aromatic heterocycles. The van der Waals surface area contributed by atoms with Gasteiger partial charge in [-0.2, -0.15) is 10.1 Å². The summed E-state index contributed by atoms with van der Waals surface area (Å²) in [5, 5.41) is 5.31. The summed E-state index contributed by atoms with van der Waals surface area (Å²) in [6.07, 6.45) is 1.64. The smallest absolute Gasteiger partial charge is 0.222 e. The number of benzene rings is 2. The Morgan fingerprint density at radius 2 is 2.00 bits per heavy atom. The van der Waals surface area contributed by atoms with Crippen LogP contribution >= 0.6 is 15.9 Å². The van der Waals surface area contributed by atoms with Crippen molar-refractivity contribution in [3.8, 4) is 17.0 Å². The summed E-state index contributed by atoms with van der Waals surface area (Å²) in [7, 11) is 1.79. The second-order valence-corrected chi connectivity index (χ2v) is 6.79. The molecule has 0 spiro atoms. The molecule has 0 fully saturated rings. The molecular formula is C19H15BrFN5O. The van der Waals surface area contributed by atoms with Gasteiger partial charge in [-0.15, -0.1) is 0 Å². The average molecular weight is 428 g/mol. The quantitative estimate of drug-likeness (QED) is 0.530. The maximum atomic E-state index is 13.9. The SMILES string of the molecule is Cn1nc(-c2cccc(Br)c2OCc2ccccc2F)c2cnc(N)nc21. The molecule has 0 unspecified atom stereocenters. The minimum atomic E-state index is -0.307. The van der Waals surface area contributed by atoms with Gasteiger partial charge < -0.3 is 10.5 Å². The van der Waals surface area contributed by atoms with Gasteiger partial charge in [0.05, 0.1) is 9.86 Å². The van der Waals surface area contributed by atoms with Crippen molar-refractivity contribution in [1.82, 2.24) is 19.7 Å². The topological polar surface area (TPSA) is 78.8 Å². The van der Waals surface area contributed by atoms with E-state index >= 15 is 0 Å². The molecular weight excluding hydrogens is 413 g/mol. The molecule has 0 amide bonds. The number of nitrogen functional groups attached to an aromatic ring is 1. The number of aromatic nitrogens is 4. The molecule has 2 heterocycles. The summed E-state index contributed by atoms with van der Waals surface area (Å²) in [5.41, 5.74) is 8.20. The molecule has 6 nitrogen and oxygen atoms in total. The van der Waals surface area contributed by atoms with E-state index in [-0.39, 0.29) is 18.4 Å². The minimum absolute atomic E-state index is 0.0938. The van der Waals surface area contributed by atoms with Crippen LogP contribution in [0.1, 0.15) is 5.56 Å². The third-order valence-corrected chi connectivity index (χ3v) is 4.78.